The van der Waals surface area contributed by atoms with E-state index in [2.05, 4.69) is 20.9 Å². The van der Waals surface area contributed by atoms with E-state index < -0.39 is 0 Å². The van der Waals surface area contributed by atoms with E-state index in [1.165, 1.54) is 12.8 Å². The smallest absolute Gasteiger partial charge is 0.315 e. The predicted octanol–water partition coefficient (Wildman–Crippen LogP) is 2.04. The fraction of sp³-hybridized carbons (Fsp3) is 0.579. The maximum Gasteiger partial charge on any atom is 0.315 e. The minimum absolute atomic E-state index is 0.0491. The number of carbonyl (C=O) groups excluding carboxylic acids is 2. The van der Waals surface area contributed by atoms with Crippen LogP contribution in [-0.4, -0.2) is 49.1 Å². The predicted molar refractivity (Wildman–Crippen MR) is 99.3 cm³/mol. The summed E-state index contributed by atoms with van der Waals surface area (Å²) in [6, 6.07) is 9.86. The lowest BCUT2D eigenvalue weighted by atomic mass is 10.1. The van der Waals surface area contributed by atoms with Crippen LogP contribution >= 0.6 is 0 Å². The Hall–Kier alpha value is -2.08. The van der Waals surface area contributed by atoms with Crippen molar-refractivity contribution in [3.8, 4) is 0 Å². The van der Waals surface area contributed by atoms with Gasteiger partial charge in [-0.1, -0.05) is 30.3 Å². The average molecular weight is 346 g/mol. The van der Waals surface area contributed by atoms with Crippen LogP contribution < -0.4 is 16.0 Å². The second-order valence-electron chi connectivity index (χ2n) is 6.84. The fourth-order valence-electron chi connectivity index (χ4n) is 3.04. The molecule has 1 aromatic rings. The van der Waals surface area contributed by atoms with E-state index >= 15 is 0 Å². The van der Waals surface area contributed by atoms with Crippen LogP contribution in [0.5, 0.6) is 0 Å². The summed E-state index contributed by atoms with van der Waals surface area (Å²) in [6.07, 6.45) is 2.73. The van der Waals surface area contributed by atoms with Gasteiger partial charge in [0, 0.05) is 25.6 Å². The number of rotatable bonds is 8. The molecule has 0 radical (unpaired) electrons. The Bertz CT molecular complexity index is 542. The lowest BCUT2D eigenvalue weighted by Crippen LogP contribution is -2.43. The molecule has 1 fully saturated rings. The van der Waals surface area contributed by atoms with Crippen LogP contribution in [-0.2, 0) is 4.79 Å². The molecule has 6 heteroatoms. The molecule has 0 bridgehead atoms. The van der Waals surface area contributed by atoms with Gasteiger partial charge in [0.05, 0.1) is 6.04 Å². The van der Waals surface area contributed by atoms with Crippen molar-refractivity contribution in [1.29, 1.82) is 0 Å². The van der Waals surface area contributed by atoms with Crippen molar-refractivity contribution in [1.82, 2.24) is 20.9 Å². The van der Waals surface area contributed by atoms with Gasteiger partial charge >= 0.3 is 6.03 Å². The molecule has 1 heterocycles. The Morgan fingerprint density at radius 1 is 1.08 bits per heavy atom. The van der Waals surface area contributed by atoms with Crippen LogP contribution in [0.1, 0.15) is 44.7 Å². The number of benzene rings is 1. The van der Waals surface area contributed by atoms with Crippen LogP contribution in [0.25, 0.3) is 0 Å². The molecule has 138 valence electrons. The molecular formula is C19H30N4O2. The first-order chi connectivity index (χ1) is 12.0. The number of carbonyl (C=O) groups is 2. The van der Waals surface area contributed by atoms with E-state index in [9.17, 15) is 9.59 Å². The van der Waals surface area contributed by atoms with Crippen LogP contribution in [0, 0.1) is 0 Å². The van der Waals surface area contributed by atoms with Crippen molar-refractivity contribution in [3.05, 3.63) is 35.9 Å². The highest BCUT2D eigenvalue weighted by molar-refractivity contribution is 5.78. The van der Waals surface area contributed by atoms with Crippen molar-refractivity contribution in [2.24, 2.45) is 0 Å². The van der Waals surface area contributed by atoms with E-state index in [-0.39, 0.29) is 30.4 Å². The van der Waals surface area contributed by atoms with Gasteiger partial charge in [-0.15, -0.1) is 0 Å². The lowest BCUT2D eigenvalue weighted by molar-refractivity contribution is -0.121. The van der Waals surface area contributed by atoms with Gasteiger partial charge in [0.15, 0.2) is 0 Å². The van der Waals surface area contributed by atoms with Gasteiger partial charge in [-0.2, -0.15) is 0 Å². The standard InChI is InChI=1S/C19H30N4O2/c1-15(2)21-18(24)10-11-20-19(25)22-17(14-23-12-6-7-13-23)16-8-4-3-5-9-16/h3-5,8-9,15,17H,6-7,10-14H2,1-2H3,(H,21,24)(H2,20,22,25). The molecule has 3 N–H and O–H groups in total. The Morgan fingerprint density at radius 2 is 1.76 bits per heavy atom. The zero-order valence-corrected chi connectivity index (χ0v) is 15.3. The third-order valence-corrected chi connectivity index (χ3v) is 4.23. The van der Waals surface area contributed by atoms with Gasteiger partial charge in [-0.25, -0.2) is 4.79 Å². The van der Waals surface area contributed by atoms with E-state index in [0.29, 0.717) is 6.54 Å². The van der Waals surface area contributed by atoms with Crippen LogP contribution in [0.4, 0.5) is 4.79 Å². The quantitative estimate of drug-likeness (QED) is 0.674. The normalized spacial score (nSPS) is 15.8. The third-order valence-electron chi connectivity index (χ3n) is 4.23. The second-order valence-corrected chi connectivity index (χ2v) is 6.84. The summed E-state index contributed by atoms with van der Waals surface area (Å²) in [6.45, 7) is 7.15. The molecule has 1 aliphatic heterocycles. The zero-order chi connectivity index (χ0) is 18.1. The number of amides is 3. The van der Waals surface area contributed by atoms with Gasteiger partial charge in [0.25, 0.3) is 0 Å². The molecule has 1 atom stereocenters. The molecule has 0 spiro atoms. The van der Waals surface area contributed by atoms with Crippen molar-refractivity contribution in [3.63, 3.8) is 0 Å². The van der Waals surface area contributed by atoms with Gasteiger partial charge in [0.1, 0.15) is 0 Å². The maximum atomic E-state index is 12.2. The zero-order valence-electron chi connectivity index (χ0n) is 15.3. The van der Waals surface area contributed by atoms with Crippen molar-refractivity contribution in [2.45, 2.75) is 45.2 Å². The molecule has 2 rings (SSSR count). The van der Waals surface area contributed by atoms with Crippen LogP contribution in [0.3, 0.4) is 0 Å². The summed E-state index contributed by atoms with van der Waals surface area (Å²) in [7, 11) is 0. The summed E-state index contributed by atoms with van der Waals surface area (Å²) in [4.78, 5) is 26.2. The van der Waals surface area contributed by atoms with E-state index in [0.717, 1.165) is 25.2 Å². The molecular weight excluding hydrogens is 316 g/mol. The minimum atomic E-state index is -0.231. The van der Waals surface area contributed by atoms with Crippen LogP contribution in [0.15, 0.2) is 30.3 Å². The number of nitrogens with one attached hydrogen (secondary N) is 3. The summed E-state index contributed by atoms with van der Waals surface area (Å²) in [5.41, 5.74) is 1.10. The van der Waals surface area contributed by atoms with Gasteiger partial charge in [-0.05, 0) is 45.3 Å². The molecule has 3 amide bonds. The highest BCUT2D eigenvalue weighted by Crippen LogP contribution is 2.17. The van der Waals surface area contributed by atoms with E-state index in [1.807, 2.05) is 44.2 Å². The topological polar surface area (TPSA) is 73.5 Å². The molecule has 0 saturated carbocycles. The van der Waals surface area contributed by atoms with Gasteiger partial charge < -0.3 is 20.9 Å². The summed E-state index contributed by atoms with van der Waals surface area (Å²) in [5, 5.41) is 8.65. The van der Waals surface area contributed by atoms with Crippen molar-refractivity contribution >= 4 is 11.9 Å². The Labute approximate surface area is 150 Å². The molecule has 6 nitrogen and oxygen atoms in total. The van der Waals surface area contributed by atoms with E-state index in [1.54, 1.807) is 0 Å². The molecule has 0 aliphatic carbocycles. The van der Waals surface area contributed by atoms with Crippen molar-refractivity contribution in [2.75, 3.05) is 26.2 Å². The second kappa shape index (κ2) is 10.0. The first kappa shape index (κ1) is 19.2. The van der Waals surface area contributed by atoms with Gasteiger partial charge in [0.2, 0.25) is 5.91 Å². The minimum Gasteiger partial charge on any atom is -0.354 e. The highest BCUT2D eigenvalue weighted by atomic mass is 16.2. The molecule has 1 aliphatic rings. The number of urea groups is 1. The molecule has 25 heavy (non-hydrogen) atoms. The van der Waals surface area contributed by atoms with Crippen molar-refractivity contribution < 1.29 is 9.59 Å². The fourth-order valence-corrected chi connectivity index (χ4v) is 3.04. The number of likely N-dealkylation sites (tertiary alicyclic amines) is 1. The summed E-state index contributed by atoms with van der Waals surface area (Å²) < 4.78 is 0. The SMILES string of the molecule is CC(C)NC(=O)CCNC(=O)NC(CN1CCCC1)c1ccccc1. The maximum absolute atomic E-state index is 12.2. The molecule has 0 aromatic heterocycles. The number of nitrogens with zero attached hydrogens (tertiary/aromatic N) is 1. The Kier molecular flexibility index (Phi) is 7.73. The summed E-state index contributed by atoms with van der Waals surface area (Å²) >= 11 is 0. The largest absolute Gasteiger partial charge is 0.354 e. The molecule has 1 saturated heterocycles. The summed E-state index contributed by atoms with van der Waals surface area (Å²) in [5.74, 6) is -0.0491. The first-order valence-corrected chi connectivity index (χ1v) is 9.15. The highest BCUT2D eigenvalue weighted by Gasteiger charge is 2.20. The monoisotopic (exact) mass is 346 g/mol. The van der Waals surface area contributed by atoms with E-state index in [4.69, 9.17) is 0 Å². The Morgan fingerprint density at radius 3 is 2.40 bits per heavy atom. The first-order valence-electron chi connectivity index (χ1n) is 9.15. The Balaban J connectivity index is 1.83. The molecule has 1 unspecified atom stereocenters. The van der Waals surface area contributed by atoms with Gasteiger partial charge in [-0.3, -0.25) is 4.79 Å². The lowest BCUT2D eigenvalue weighted by Gasteiger charge is -2.25. The molecule has 1 aromatic carbocycles. The number of hydrogen-bond acceptors (Lipinski definition) is 3. The average Bonchev–Trinajstić information content (AvgIpc) is 3.07. The number of hydrogen-bond donors (Lipinski definition) is 3. The third kappa shape index (κ3) is 7.13. The van der Waals surface area contributed by atoms with Crippen LogP contribution in [0.2, 0.25) is 0 Å².